The van der Waals surface area contributed by atoms with E-state index in [0.29, 0.717) is 28.8 Å². The van der Waals surface area contributed by atoms with Gasteiger partial charge in [-0.2, -0.15) is 0 Å². The summed E-state index contributed by atoms with van der Waals surface area (Å²) >= 11 is 6.43. The van der Waals surface area contributed by atoms with Crippen LogP contribution < -0.4 is 15.2 Å². The van der Waals surface area contributed by atoms with E-state index in [1.807, 2.05) is 12.1 Å². The highest BCUT2D eigenvalue weighted by Gasteiger charge is 2.32. The summed E-state index contributed by atoms with van der Waals surface area (Å²) in [6, 6.07) is 3.76. The summed E-state index contributed by atoms with van der Waals surface area (Å²) in [5.74, 6) is 1.81. The average molecular weight is 413 g/mol. The number of hydrogen-bond acceptors (Lipinski definition) is 6. The van der Waals surface area contributed by atoms with Crippen molar-refractivity contribution < 1.29 is 19.5 Å². The average Bonchev–Trinajstić information content (AvgIpc) is 2.66. The van der Waals surface area contributed by atoms with E-state index in [1.54, 1.807) is 14.2 Å². The zero-order valence-electron chi connectivity index (χ0n) is 17.3. The molecule has 8 heteroatoms. The first-order valence-electron chi connectivity index (χ1n) is 10.0. The fraction of sp³-hybridized carbons (Fsp3) is 0.700. The standard InChI is InChI=1S/C20H34BClN2O4/c1-20(23,8-4-5-9-21(25)26)16-6-10-24(11-7-16)14-15-12-18(27-2)19(28-3)13-17(15)22/h12-13,16,25-26H,4-11,14,23H2,1-3H3. The Labute approximate surface area is 174 Å². The van der Waals surface area contributed by atoms with Crippen LogP contribution in [0.3, 0.4) is 0 Å². The van der Waals surface area contributed by atoms with Crippen molar-refractivity contribution in [1.82, 2.24) is 4.90 Å². The molecule has 0 radical (unpaired) electrons. The molecule has 1 atom stereocenters. The molecule has 0 saturated carbocycles. The zero-order valence-corrected chi connectivity index (χ0v) is 18.0. The van der Waals surface area contributed by atoms with Crippen LogP contribution in [0.1, 0.15) is 44.6 Å². The van der Waals surface area contributed by atoms with E-state index < -0.39 is 7.12 Å². The third-order valence-corrected chi connectivity index (χ3v) is 6.25. The third-order valence-electron chi connectivity index (χ3n) is 5.89. The van der Waals surface area contributed by atoms with Crippen LogP contribution in [-0.2, 0) is 6.54 Å². The number of nitrogens with two attached hydrogens (primary N) is 1. The Morgan fingerprint density at radius 2 is 1.79 bits per heavy atom. The number of piperidine rings is 1. The van der Waals surface area contributed by atoms with Gasteiger partial charge in [-0.3, -0.25) is 4.90 Å². The molecule has 1 aliphatic rings. The normalized spacial score (nSPS) is 18.0. The number of nitrogens with zero attached hydrogens (tertiary/aromatic N) is 1. The van der Waals surface area contributed by atoms with Crippen molar-refractivity contribution in [2.75, 3.05) is 27.3 Å². The van der Waals surface area contributed by atoms with Gasteiger partial charge in [0.2, 0.25) is 0 Å². The van der Waals surface area contributed by atoms with Crippen molar-refractivity contribution in [2.24, 2.45) is 11.7 Å². The van der Waals surface area contributed by atoms with Crippen LogP contribution >= 0.6 is 11.6 Å². The first-order chi connectivity index (χ1) is 13.3. The van der Waals surface area contributed by atoms with Crippen LogP contribution in [0.4, 0.5) is 0 Å². The van der Waals surface area contributed by atoms with E-state index in [0.717, 1.165) is 57.3 Å². The van der Waals surface area contributed by atoms with Gasteiger partial charge in [-0.25, -0.2) is 0 Å². The highest BCUT2D eigenvalue weighted by atomic mass is 35.5. The van der Waals surface area contributed by atoms with Gasteiger partial charge in [0.1, 0.15) is 0 Å². The lowest BCUT2D eigenvalue weighted by atomic mass is 9.75. The van der Waals surface area contributed by atoms with Crippen LogP contribution in [0.5, 0.6) is 11.5 Å². The summed E-state index contributed by atoms with van der Waals surface area (Å²) in [6.45, 7) is 4.88. The Morgan fingerprint density at radius 3 is 2.36 bits per heavy atom. The molecule has 0 aromatic heterocycles. The number of rotatable bonds is 10. The molecular weight excluding hydrogens is 378 g/mol. The fourth-order valence-electron chi connectivity index (χ4n) is 4.05. The molecule has 1 unspecified atom stereocenters. The Hall–Kier alpha value is -0.985. The highest BCUT2D eigenvalue weighted by Crippen LogP contribution is 2.35. The molecule has 1 fully saturated rings. The van der Waals surface area contributed by atoms with E-state index in [-0.39, 0.29) is 5.54 Å². The monoisotopic (exact) mass is 412 g/mol. The Bertz CT molecular complexity index is 622. The second-order valence-corrected chi connectivity index (χ2v) is 8.49. The fourth-order valence-corrected chi connectivity index (χ4v) is 4.26. The zero-order chi connectivity index (χ0) is 20.7. The van der Waals surface area contributed by atoms with Gasteiger partial charge in [0.25, 0.3) is 0 Å². The van der Waals surface area contributed by atoms with Crippen molar-refractivity contribution >= 4 is 18.7 Å². The smallest absolute Gasteiger partial charge is 0.451 e. The number of unbranched alkanes of at least 4 members (excludes halogenated alkanes) is 1. The lowest BCUT2D eigenvalue weighted by Crippen LogP contribution is -2.49. The summed E-state index contributed by atoms with van der Waals surface area (Å²) < 4.78 is 10.7. The Balaban J connectivity index is 1.86. The van der Waals surface area contributed by atoms with Crippen LogP contribution in [0.2, 0.25) is 11.3 Å². The number of likely N-dealkylation sites (tertiary alicyclic amines) is 1. The molecule has 1 aromatic rings. The van der Waals surface area contributed by atoms with Crippen LogP contribution in [0.15, 0.2) is 12.1 Å². The van der Waals surface area contributed by atoms with Crippen LogP contribution in [-0.4, -0.2) is 54.9 Å². The predicted octanol–water partition coefficient (Wildman–Crippen LogP) is 2.93. The molecule has 1 aliphatic heterocycles. The van der Waals surface area contributed by atoms with E-state index >= 15 is 0 Å². The second kappa shape index (κ2) is 10.7. The summed E-state index contributed by atoms with van der Waals surface area (Å²) in [4.78, 5) is 2.40. The van der Waals surface area contributed by atoms with Gasteiger partial charge in [0.05, 0.1) is 14.2 Å². The molecule has 2 rings (SSSR count). The van der Waals surface area contributed by atoms with Gasteiger partial charge in [0, 0.05) is 23.2 Å². The number of halogens is 1. The Kier molecular flexibility index (Phi) is 8.90. The van der Waals surface area contributed by atoms with Gasteiger partial charge >= 0.3 is 7.12 Å². The number of ether oxygens (including phenoxy) is 2. The van der Waals surface area contributed by atoms with E-state index in [9.17, 15) is 0 Å². The lowest BCUT2D eigenvalue weighted by molar-refractivity contribution is 0.125. The molecule has 0 aliphatic carbocycles. The van der Waals surface area contributed by atoms with Crippen molar-refractivity contribution in [1.29, 1.82) is 0 Å². The van der Waals surface area contributed by atoms with E-state index in [1.165, 1.54) is 0 Å². The molecule has 0 bridgehead atoms. The maximum atomic E-state index is 8.96. The molecule has 1 saturated heterocycles. The quantitative estimate of drug-likeness (QED) is 0.404. The molecule has 1 aromatic carbocycles. The Morgan fingerprint density at radius 1 is 1.18 bits per heavy atom. The molecule has 158 valence electrons. The topological polar surface area (TPSA) is 88.2 Å². The molecule has 1 heterocycles. The van der Waals surface area contributed by atoms with Gasteiger partial charge in [-0.15, -0.1) is 0 Å². The minimum Gasteiger partial charge on any atom is -0.493 e. The van der Waals surface area contributed by atoms with Gasteiger partial charge in [0.15, 0.2) is 11.5 Å². The summed E-state index contributed by atoms with van der Waals surface area (Å²) in [6.07, 6.45) is 5.15. The maximum Gasteiger partial charge on any atom is 0.451 e. The van der Waals surface area contributed by atoms with Crippen LogP contribution in [0.25, 0.3) is 0 Å². The van der Waals surface area contributed by atoms with E-state index in [2.05, 4.69) is 11.8 Å². The van der Waals surface area contributed by atoms with Crippen LogP contribution in [0, 0.1) is 5.92 Å². The minimum atomic E-state index is -1.21. The van der Waals surface area contributed by atoms with E-state index in [4.69, 9.17) is 36.9 Å². The van der Waals surface area contributed by atoms with Gasteiger partial charge < -0.3 is 25.3 Å². The van der Waals surface area contributed by atoms with Crippen molar-refractivity contribution in [2.45, 2.75) is 57.4 Å². The summed E-state index contributed by atoms with van der Waals surface area (Å²) in [7, 11) is 2.02. The summed E-state index contributed by atoms with van der Waals surface area (Å²) in [5, 5.41) is 18.6. The SMILES string of the molecule is COc1cc(Cl)c(CN2CCC(C(C)(N)CCCCB(O)O)CC2)cc1OC. The number of methoxy groups -OCH3 is 2. The minimum absolute atomic E-state index is 0.215. The highest BCUT2D eigenvalue weighted by molar-refractivity contribution is 6.40. The third kappa shape index (κ3) is 6.53. The van der Waals surface area contributed by atoms with Crippen molar-refractivity contribution in [3.63, 3.8) is 0 Å². The predicted molar refractivity (Wildman–Crippen MR) is 114 cm³/mol. The number of hydrogen-bond donors (Lipinski definition) is 3. The largest absolute Gasteiger partial charge is 0.493 e. The van der Waals surface area contributed by atoms with Crippen molar-refractivity contribution in [3.8, 4) is 11.5 Å². The summed E-state index contributed by atoms with van der Waals surface area (Å²) in [5.41, 5.74) is 7.43. The second-order valence-electron chi connectivity index (χ2n) is 8.08. The molecule has 0 spiro atoms. The molecular formula is C20H34BClN2O4. The lowest BCUT2D eigenvalue weighted by Gasteiger charge is -2.41. The van der Waals surface area contributed by atoms with Gasteiger partial charge in [-0.1, -0.05) is 24.4 Å². The molecule has 0 amide bonds. The first kappa shape index (κ1) is 23.3. The maximum absolute atomic E-state index is 8.96. The first-order valence-corrected chi connectivity index (χ1v) is 10.4. The number of benzene rings is 1. The molecule has 4 N–H and O–H groups in total. The van der Waals surface area contributed by atoms with Gasteiger partial charge in [-0.05, 0) is 63.1 Å². The van der Waals surface area contributed by atoms with Crippen molar-refractivity contribution in [3.05, 3.63) is 22.7 Å². The molecule has 28 heavy (non-hydrogen) atoms. The molecule has 6 nitrogen and oxygen atoms in total.